The second kappa shape index (κ2) is 5.62. The van der Waals surface area contributed by atoms with Crippen molar-refractivity contribution in [1.82, 2.24) is 0 Å². The summed E-state index contributed by atoms with van der Waals surface area (Å²) in [6.07, 6.45) is 0. The van der Waals surface area contributed by atoms with Gasteiger partial charge in [-0.2, -0.15) is 0 Å². The van der Waals surface area contributed by atoms with Gasteiger partial charge in [0, 0.05) is 21.9 Å². The Morgan fingerprint density at radius 1 is 1.16 bits per heavy atom. The Morgan fingerprint density at radius 2 is 1.79 bits per heavy atom. The van der Waals surface area contributed by atoms with Gasteiger partial charge in [-0.25, -0.2) is 0 Å². The summed E-state index contributed by atoms with van der Waals surface area (Å²) in [5.74, 6) is 0.430. The molecular formula is C13H11NO4S. The van der Waals surface area contributed by atoms with Crippen molar-refractivity contribution in [2.45, 2.75) is 9.79 Å². The SMILES string of the molecule is COc1cc(Sc2ccc(O)cc2)ccc1[N+](=O)[O-]. The molecule has 0 aliphatic heterocycles. The van der Waals surface area contributed by atoms with Crippen molar-refractivity contribution in [2.24, 2.45) is 0 Å². The van der Waals surface area contributed by atoms with Crippen molar-refractivity contribution in [3.8, 4) is 11.5 Å². The molecule has 0 bridgehead atoms. The molecule has 6 heteroatoms. The summed E-state index contributed by atoms with van der Waals surface area (Å²) >= 11 is 1.43. The number of nitro groups is 1. The molecule has 19 heavy (non-hydrogen) atoms. The predicted molar refractivity (Wildman–Crippen MR) is 71.9 cm³/mol. The lowest BCUT2D eigenvalue weighted by Crippen LogP contribution is -1.93. The molecule has 1 N–H and O–H groups in total. The van der Waals surface area contributed by atoms with Gasteiger partial charge in [0.25, 0.3) is 0 Å². The average molecular weight is 277 g/mol. The first-order chi connectivity index (χ1) is 9.10. The van der Waals surface area contributed by atoms with E-state index in [-0.39, 0.29) is 17.2 Å². The van der Waals surface area contributed by atoms with Gasteiger partial charge in [0.1, 0.15) is 5.75 Å². The Balaban J connectivity index is 2.26. The number of phenols is 1. The Labute approximate surface area is 114 Å². The molecule has 0 radical (unpaired) electrons. The molecule has 0 fully saturated rings. The van der Waals surface area contributed by atoms with Gasteiger partial charge in [-0.05, 0) is 30.3 Å². The molecule has 0 saturated carbocycles. The molecule has 2 rings (SSSR count). The van der Waals surface area contributed by atoms with Gasteiger partial charge >= 0.3 is 5.69 Å². The fraction of sp³-hybridized carbons (Fsp3) is 0.0769. The Kier molecular flexibility index (Phi) is 3.91. The zero-order valence-electron chi connectivity index (χ0n) is 10.1. The standard InChI is InChI=1S/C13H11NO4S/c1-18-13-8-11(6-7-12(13)14(16)17)19-10-4-2-9(15)3-5-10/h2-8,15H,1H3. The minimum Gasteiger partial charge on any atom is -0.508 e. The summed E-state index contributed by atoms with van der Waals surface area (Å²) < 4.78 is 5.01. The molecule has 0 aromatic heterocycles. The number of phenolic OH excluding ortho intramolecular Hbond substituents is 1. The molecule has 0 aliphatic carbocycles. The van der Waals surface area contributed by atoms with Gasteiger partial charge in [-0.1, -0.05) is 11.8 Å². The Morgan fingerprint density at radius 3 is 2.37 bits per heavy atom. The number of aromatic hydroxyl groups is 1. The van der Waals surface area contributed by atoms with Crippen molar-refractivity contribution in [1.29, 1.82) is 0 Å². The van der Waals surface area contributed by atoms with Crippen molar-refractivity contribution >= 4 is 17.4 Å². The van der Waals surface area contributed by atoms with E-state index in [1.807, 2.05) is 0 Å². The quantitative estimate of drug-likeness (QED) is 0.684. The summed E-state index contributed by atoms with van der Waals surface area (Å²) in [5.41, 5.74) is -0.0578. The molecule has 0 unspecified atom stereocenters. The van der Waals surface area contributed by atoms with Crippen LogP contribution in [0.4, 0.5) is 5.69 Å². The number of ether oxygens (including phenoxy) is 1. The van der Waals surface area contributed by atoms with Crippen LogP contribution >= 0.6 is 11.8 Å². The lowest BCUT2D eigenvalue weighted by atomic mass is 10.3. The average Bonchev–Trinajstić information content (AvgIpc) is 2.41. The summed E-state index contributed by atoms with van der Waals surface area (Å²) in [6.45, 7) is 0. The number of hydrogen-bond donors (Lipinski definition) is 1. The highest BCUT2D eigenvalue weighted by molar-refractivity contribution is 7.99. The molecule has 0 heterocycles. The van der Waals surface area contributed by atoms with E-state index in [2.05, 4.69) is 0 Å². The number of hydrogen-bond acceptors (Lipinski definition) is 5. The Bertz CT molecular complexity index is 598. The molecule has 0 atom stereocenters. The van der Waals surface area contributed by atoms with Gasteiger partial charge in [0.05, 0.1) is 12.0 Å². The van der Waals surface area contributed by atoms with Crippen molar-refractivity contribution in [2.75, 3.05) is 7.11 Å². The number of methoxy groups -OCH3 is 1. The molecule has 0 spiro atoms. The maximum Gasteiger partial charge on any atom is 0.310 e. The zero-order valence-corrected chi connectivity index (χ0v) is 10.9. The second-order valence-corrected chi connectivity index (χ2v) is 4.83. The van der Waals surface area contributed by atoms with E-state index in [0.29, 0.717) is 0 Å². The highest BCUT2D eigenvalue weighted by Crippen LogP contribution is 2.35. The molecule has 5 nitrogen and oxygen atoms in total. The smallest absolute Gasteiger partial charge is 0.310 e. The summed E-state index contributed by atoms with van der Waals surface area (Å²) in [7, 11) is 1.40. The van der Waals surface area contributed by atoms with Crippen LogP contribution in [0.5, 0.6) is 11.5 Å². The van der Waals surface area contributed by atoms with Gasteiger partial charge < -0.3 is 9.84 Å². The molecule has 0 aliphatic rings. The lowest BCUT2D eigenvalue weighted by Gasteiger charge is -2.05. The third-order valence-electron chi connectivity index (χ3n) is 2.42. The van der Waals surface area contributed by atoms with E-state index in [4.69, 9.17) is 4.74 Å². The van der Waals surface area contributed by atoms with Crippen LogP contribution in [0.15, 0.2) is 52.3 Å². The maximum absolute atomic E-state index is 10.8. The number of benzene rings is 2. The lowest BCUT2D eigenvalue weighted by molar-refractivity contribution is -0.385. The number of rotatable bonds is 4. The fourth-order valence-corrected chi connectivity index (χ4v) is 2.37. The van der Waals surface area contributed by atoms with Gasteiger partial charge in [-0.15, -0.1) is 0 Å². The molecule has 98 valence electrons. The topological polar surface area (TPSA) is 72.6 Å². The first-order valence-electron chi connectivity index (χ1n) is 5.39. The third kappa shape index (κ3) is 3.17. The normalized spacial score (nSPS) is 10.2. The number of nitrogens with zero attached hydrogens (tertiary/aromatic N) is 1. The first-order valence-corrected chi connectivity index (χ1v) is 6.21. The maximum atomic E-state index is 10.8. The van der Waals surface area contributed by atoms with Crippen LogP contribution < -0.4 is 4.74 Å². The highest BCUT2D eigenvalue weighted by atomic mass is 32.2. The van der Waals surface area contributed by atoms with Gasteiger partial charge in [0.15, 0.2) is 5.75 Å². The molecular weight excluding hydrogens is 266 g/mol. The molecule has 2 aromatic rings. The minimum atomic E-state index is -0.478. The van der Waals surface area contributed by atoms with Crippen LogP contribution in [0.1, 0.15) is 0 Å². The van der Waals surface area contributed by atoms with E-state index in [1.165, 1.54) is 24.9 Å². The van der Waals surface area contributed by atoms with Crippen LogP contribution in [-0.4, -0.2) is 17.1 Å². The van der Waals surface area contributed by atoms with E-state index in [0.717, 1.165) is 9.79 Å². The molecule has 0 saturated heterocycles. The number of nitro benzene ring substituents is 1. The van der Waals surface area contributed by atoms with Crippen LogP contribution in [0.25, 0.3) is 0 Å². The van der Waals surface area contributed by atoms with Crippen LogP contribution in [0.3, 0.4) is 0 Å². The van der Waals surface area contributed by atoms with E-state index < -0.39 is 4.92 Å². The minimum absolute atomic E-state index is 0.0578. The van der Waals surface area contributed by atoms with Crippen LogP contribution in [-0.2, 0) is 0 Å². The summed E-state index contributed by atoms with van der Waals surface area (Å²) in [5, 5.41) is 20.0. The zero-order chi connectivity index (χ0) is 13.8. The Hall–Kier alpha value is -2.21. The van der Waals surface area contributed by atoms with Crippen molar-refractivity contribution in [3.63, 3.8) is 0 Å². The monoisotopic (exact) mass is 277 g/mol. The van der Waals surface area contributed by atoms with Crippen LogP contribution in [0, 0.1) is 10.1 Å². The largest absolute Gasteiger partial charge is 0.508 e. The van der Waals surface area contributed by atoms with E-state index >= 15 is 0 Å². The predicted octanol–water partition coefficient (Wildman–Crippen LogP) is 3.46. The van der Waals surface area contributed by atoms with Gasteiger partial charge in [0.2, 0.25) is 0 Å². The van der Waals surface area contributed by atoms with Crippen molar-refractivity contribution in [3.05, 3.63) is 52.6 Å². The summed E-state index contributed by atoms with van der Waals surface area (Å²) in [6, 6.07) is 11.4. The highest BCUT2D eigenvalue weighted by Gasteiger charge is 2.14. The third-order valence-corrected chi connectivity index (χ3v) is 3.42. The van der Waals surface area contributed by atoms with E-state index in [1.54, 1.807) is 36.4 Å². The van der Waals surface area contributed by atoms with E-state index in [9.17, 15) is 15.2 Å². The van der Waals surface area contributed by atoms with Crippen molar-refractivity contribution < 1.29 is 14.8 Å². The van der Waals surface area contributed by atoms with Gasteiger partial charge in [-0.3, -0.25) is 10.1 Å². The summed E-state index contributed by atoms with van der Waals surface area (Å²) in [4.78, 5) is 12.1. The second-order valence-electron chi connectivity index (χ2n) is 3.69. The molecule has 0 amide bonds. The van der Waals surface area contributed by atoms with Crippen LogP contribution in [0.2, 0.25) is 0 Å². The molecule has 2 aromatic carbocycles. The first kappa shape index (κ1) is 13.2. The fourth-order valence-electron chi connectivity index (χ4n) is 1.52.